The van der Waals surface area contributed by atoms with Crippen LogP contribution < -0.4 is 4.74 Å². The molecule has 3 aromatic rings. The van der Waals surface area contributed by atoms with Crippen molar-refractivity contribution in [3.05, 3.63) is 71.7 Å². The van der Waals surface area contributed by atoms with Gasteiger partial charge in [0, 0.05) is 24.2 Å². The predicted molar refractivity (Wildman–Crippen MR) is 115 cm³/mol. The third kappa shape index (κ3) is 4.94. The van der Waals surface area contributed by atoms with Crippen LogP contribution in [0.5, 0.6) is 5.75 Å². The third-order valence-electron chi connectivity index (χ3n) is 5.74. The Morgan fingerprint density at radius 1 is 1.19 bits per heavy atom. The van der Waals surface area contributed by atoms with Crippen LogP contribution in [0.4, 0.5) is 4.39 Å². The molecule has 0 radical (unpaired) electrons. The van der Waals surface area contributed by atoms with E-state index in [0.717, 1.165) is 37.2 Å². The number of amides is 1. The Kier molecular flexibility index (Phi) is 6.32. The molecule has 1 aliphatic heterocycles. The van der Waals surface area contributed by atoms with E-state index >= 15 is 0 Å². The molecule has 0 N–H and O–H groups in total. The van der Waals surface area contributed by atoms with Gasteiger partial charge in [-0.2, -0.15) is 0 Å². The SMILES string of the molecule is COc1ccc(CN(C(=O)c2cc(-c3cccc(F)c3)no2)C2CCN(C)CC2)cc1. The van der Waals surface area contributed by atoms with Gasteiger partial charge in [0.2, 0.25) is 5.76 Å². The van der Waals surface area contributed by atoms with E-state index in [-0.39, 0.29) is 23.5 Å². The summed E-state index contributed by atoms with van der Waals surface area (Å²) in [7, 11) is 3.72. The third-order valence-corrected chi connectivity index (χ3v) is 5.74. The lowest BCUT2D eigenvalue weighted by molar-refractivity contribution is 0.0529. The number of likely N-dealkylation sites (tertiary alicyclic amines) is 1. The van der Waals surface area contributed by atoms with Gasteiger partial charge in [-0.05, 0) is 62.8 Å². The summed E-state index contributed by atoms with van der Waals surface area (Å²) in [4.78, 5) is 17.6. The summed E-state index contributed by atoms with van der Waals surface area (Å²) in [6.45, 7) is 2.33. The van der Waals surface area contributed by atoms with Crippen molar-refractivity contribution in [1.29, 1.82) is 0 Å². The summed E-state index contributed by atoms with van der Waals surface area (Å²) in [6, 6.07) is 15.5. The Labute approximate surface area is 181 Å². The molecule has 2 aromatic carbocycles. The van der Waals surface area contributed by atoms with E-state index in [1.165, 1.54) is 12.1 Å². The highest BCUT2D eigenvalue weighted by Crippen LogP contribution is 2.25. The Hall–Kier alpha value is -3.19. The number of nitrogens with zero attached hydrogens (tertiary/aromatic N) is 3. The molecule has 1 fully saturated rings. The molecule has 0 bridgehead atoms. The first kappa shape index (κ1) is 21.1. The van der Waals surface area contributed by atoms with Gasteiger partial charge in [-0.15, -0.1) is 0 Å². The Morgan fingerprint density at radius 2 is 1.94 bits per heavy atom. The quantitative estimate of drug-likeness (QED) is 0.594. The molecular weight excluding hydrogens is 397 g/mol. The number of hydrogen-bond acceptors (Lipinski definition) is 5. The van der Waals surface area contributed by atoms with Crippen LogP contribution in [0.1, 0.15) is 29.0 Å². The first-order valence-corrected chi connectivity index (χ1v) is 10.4. The van der Waals surface area contributed by atoms with E-state index in [1.807, 2.05) is 29.2 Å². The van der Waals surface area contributed by atoms with Crippen molar-refractivity contribution in [2.75, 3.05) is 27.2 Å². The molecule has 7 heteroatoms. The number of ether oxygens (including phenoxy) is 1. The zero-order valence-corrected chi connectivity index (χ0v) is 17.8. The minimum Gasteiger partial charge on any atom is -0.497 e. The van der Waals surface area contributed by atoms with E-state index in [2.05, 4.69) is 17.1 Å². The van der Waals surface area contributed by atoms with Gasteiger partial charge in [-0.3, -0.25) is 4.79 Å². The number of carbonyl (C=O) groups is 1. The lowest BCUT2D eigenvalue weighted by Gasteiger charge is -2.37. The Balaban J connectivity index is 1.58. The largest absolute Gasteiger partial charge is 0.497 e. The van der Waals surface area contributed by atoms with Crippen molar-refractivity contribution in [2.24, 2.45) is 0 Å². The molecule has 1 aromatic heterocycles. The van der Waals surface area contributed by atoms with Gasteiger partial charge >= 0.3 is 0 Å². The second-order valence-electron chi connectivity index (χ2n) is 7.90. The monoisotopic (exact) mass is 423 g/mol. The van der Waals surface area contributed by atoms with Crippen molar-refractivity contribution in [3.8, 4) is 17.0 Å². The summed E-state index contributed by atoms with van der Waals surface area (Å²) >= 11 is 0. The Morgan fingerprint density at radius 3 is 2.61 bits per heavy atom. The number of piperidine rings is 1. The Bertz CT molecular complexity index is 1030. The van der Waals surface area contributed by atoms with E-state index in [0.29, 0.717) is 17.8 Å². The fourth-order valence-corrected chi connectivity index (χ4v) is 3.90. The second kappa shape index (κ2) is 9.31. The lowest BCUT2D eigenvalue weighted by Crippen LogP contribution is -2.46. The fraction of sp³-hybridized carbons (Fsp3) is 0.333. The molecule has 1 amide bonds. The highest BCUT2D eigenvalue weighted by molar-refractivity contribution is 5.92. The minimum atomic E-state index is -0.360. The van der Waals surface area contributed by atoms with E-state index in [4.69, 9.17) is 9.26 Å². The van der Waals surface area contributed by atoms with E-state index < -0.39 is 0 Å². The van der Waals surface area contributed by atoms with Gasteiger partial charge in [-0.25, -0.2) is 4.39 Å². The standard InChI is InChI=1S/C24H26FN3O3/c1-27-12-10-20(11-13-27)28(16-17-6-8-21(30-2)9-7-17)24(29)23-15-22(26-31-23)18-4-3-5-19(25)14-18/h3-9,14-15,20H,10-13,16H2,1-2H3. The first-order chi connectivity index (χ1) is 15.0. The highest BCUT2D eigenvalue weighted by Gasteiger charge is 2.30. The van der Waals surface area contributed by atoms with Gasteiger partial charge < -0.3 is 19.1 Å². The molecule has 1 aliphatic rings. The summed E-state index contributed by atoms with van der Waals surface area (Å²) in [6.07, 6.45) is 1.78. The highest BCUT2D eigenvalue weighted by atomic mass is 19.1. The van der Waals surface area contributed by atoms with E-state index in [9.17, 15) is 9.18 Å². The molecular formula is C24H26FN3O3. The number of aromatic nitrogens is 1. The summed E-state index contributed by atoms with van der Waals surface area (Å²) < 4.78 is 24.2. The van der Waals surface area contributed by atoms with Crippen LogP contribution >= 0.6 is 0 Å². The van der Waals surface area contributed by atoms with Crippen molar-refractivity contribution in [1.82, 2.24) is 15.0 Å². The molecule has 162 valence electrons. The van der Waals surface area contributed by atoms with E-state index in [1.54, 1.807) is 25.3 Å². The van der Waals surface area contributed by atoms with Gasteiger partial charge in [0.25, 0.3) is 5.91 Å². The number of methoxy groups -OCH3 is 1. The molecule has 0 atom stereocenters. The van der Waals surface area contributed by atoms with Gasteiger partial charge in [0.05, 0.1) is 7.11 Å². The molecule has 4 rings (SSSR count). The summed E-state index contributed by atoms with van der Waals surface area (Å²) in [5.74, 6) is 0.365. The average molecular weight is 423 g/mol. The van der Waals surface area contributed by atoms with Gasteiger partial charge in [-0.1, -0.05) is 29.4 Å². The maximum Gasteiger partial charge on any atom is 0.293 e. The smallest absolute Gasteiger partial charge is 0.293 e. The van der Waals surface area contributed by atoms with Crippen LogP contribution in [0, 0.1) is 5.82 Å². The maximum absolute atomic E-state index is 13.6. The summed E-state index contributed by atoms with van der Waals surface area (Å²) in [5, 5.41) is 4.00. The second-order valence-corrected chi connectivity index (χ2v) is 7.90. The van der Waals surface area contributed by atoms with Crippen LogP contribution in [0.25, 0.3) is 11.3 Å². The summed E-state index contributed by atoms with van der Waals surface area (Å²) in [5.41, 5.74) is 2.03. The van der Waals surface area contributed by atoms with Crippen LogP contribution in [-0.2, 0) is 6.54 Å². The molecule has 6 nitrogen and oxygen atoms in total. The molecule has 0 spiro atoms. The van der Waals surface area contributed by atoms with Crippen molar-refractivity contribution in [2.45, 2.75) is 25.4 Å². The zero-order valence-electron chi connectivity index (χ0n) is 17.8. The lowest BCUT2D eigenvalue weighted by atomic mass is 10.0. The van der Waals surface area contributed by atoms with Crippen LogP contribution in [0.3, 0.4) is 0 Å². The van der Waals surface area contributed by atoms with Gasteiger partial charge in [0.15, 0.2) is 0 Å². The van der Waals surface area contributed by atoms with Crippen LogP contribution in [0.15, 0.2) is 59.1 Å². The maximum atomic E-state index is 13.6. The molecule has 31 heavy (non-hydrogen) atoms. The van der Waals surface area contributed by atoms with Crippen molar-refractivity contribution >= 4 is 5.91 Å². The molecule has 0 saturated carbocycles. The molecule has 0 unspecified atom stereocenters. The predicted octanol–water partition coefficient (Wildman–Crippen LogP) is 4.23. The van der Waals surface area contributed by atoms with Gasteiger partial charge in [0.1, 0.15) is 17.3 Å². The number of rotatable bonds is 6. The topological polar surface area (TPSA) is 58.8 Å². The van der Waals surface area contributed by atoms with Crippen LogP contribution in [0.2, 0.25) is 0 Å². The average Bonchev–Trinajstić information content (AvgIpc) is 3.29. The number of halogens is 1. The molecule has 0 aliphatic carbocycles. The van der Waals surface area contributed by atoms with Crippen molar-refractivity contribution in [3.63, 3.8) is 0 Å². The zero-order chi connectivity index (χ0) is 21.8. The number of benzene rings is 2. The molecule has 2 heterocycles. The fourth-order valence-electron chi connectivity index (χ4n) is 3.90. The number of hydrogen-bond donors (Lipinski definition) is 0. The first-order valence-electron chi connectivity index (χ1n) is 10.4. The van der Waals surface area contributed by atoms with Crippen LogP contribution in [-0.4, -0.2) is 54.2 Å². The number of carbonyl (C=O) groups excluding carboxylic acids is 1. The van der Waals surface area contributed by atoms with Crippen molar-refractivity contribution < 1.29 is 18.4 Å². The minimum absolute atomic E-state index is 0.105. The molecule has 1 saturated heterocycles. The normalized spacial score (nSPS) is 15.1.